The summed E-state index contributed by atoms with van der Waals surface area (Å²) in [5, 5.41) is 12.8. The number of aliphatic carboxylic acids is 1. The summed E-state index contributed by atoms with van der Waals surface area (Å²) in [6, 6.07) is 8.66. The molecule has 5 nitrogen and oxygen atoms in total. The van der Waals surface area contributed by atoms with Crippen LogP contribution in [-0.2, 0) is 23.8 Å². The Morgan fingerprint density at radius 2 is 1.62 bits per heavy atom. The topological polar surface area (TPSA) is 75.6 Å². The fraction of sp³-hybridized carbons (Fsp3) is 0.280. The van der Waals surface area contributed by atoms with Gasteiger partial charge in [-0.3, -0.25) is 4.79 Å². The predicted octanol–water partition coefficient (Wildman–Crippen LogP) is 6.85. The fourth-order valence-electron chi connectivity index (χ4n) is 4.13. The lowest BCUT2D eigenvalue weighted by Gasteiger charge is -2.38. The molecule has 3 aromatic rings. The van der Waals surface area contributed by atoms with Gasteiger partial charge in [-0.05, 0) is 37.5 Å². The van der Waals surface area contributed by atoms with Crippen molar-refractivity contribution >= 4 is 34.2 Å². The molecule has 0 radical (unpaired) electrons. The van der Waals surface area contributed by atoms with Crippen LogP contribution in [0.5, 0.6) is 5.75 Å². The van der Waals surface area contributed by atoms with Crippen LogP contribution < -0.4 is 10.1 Å². The van der Waals surface area contributed by atoms with Crippen molar-refractivity contribution in [2.24, 2.45) is 0 Å². The molecule has 1 aliphatic rings. The number of carbonyl (C=O) groups is 2. The molecule has 0 bridgehead atoms. The van der Waals surface area contributed by atoms with Gasteiger partial charge in [0.15, 0.2) is 0 Å². The van der Waals surface area contributed by atoms with Crippen molar-refractivity contribution in [3.05, 3.63) is 75.8 Å². The van der Waals surface area contributed by atoms with Gasteiger partial charge >= 0.3 is 18.3 Å². The molecule has 2 N–H and O–H groups in total. The molecule has 1 fully saturated rings. The number of amides is 1. The van der Waals surface area contributed by atoms with E-state index in [0.717, 1.165) is 0 Å². The molecule has 0 aliphatic heterocycles. The monoisotopic (exact) mass is 545 g/mol. The van der Waals surface area contributed by atoms with E-state index < -0.39 is 53.1 Å². The highest BCUT2D eigenvalue weighted by Crippen LogP contribution is 2.40. The number of carbonyl (C=O) groups excluding carboxylic acids is 1. The second-order valence-electron chi connectivity index (χ2n) is 8.63. The summed E-state index contributed by atoms with van der Waals surface area (Å²) < 4.78 is 85.5. The molecule has 0 atom stereocenters. The van der Waals surface area contributed by atoms with Gasteiger partial charge in [0.2, 0.25) is 0 Å². The zero-order valence-corrected chi connectivity index (χ0v) is 19.5. The first-order chi connectivity index (χ1) is 17.2. The van der Waals surface area contributed by atoms with Crippen LogP contribution in [-0.4, -0.2) is 22.5 Å². The first-order valence-electron chi connectivity index (χ1n) is 10.9. The van der Waals surface area contributed by atoms with Crippen molar-refractivity contribution in [2.45, 2.75) is 43.8 Å². The Morgan fingerprint density at radius 3 is 2.16 bits per heavy atom. The first kappa shape index (κ1) is 26.6. The Bertz CT molecular complexity index is 1380. The standard InChI is InChI=1S/C25H18ClF6NO4/c26-19-11-17(21(34)33-23(22(35)36)8-3-9-23)20(16-5-2-1-4-15(16)19)37-12-13-6-7-14(24(27,28)29)10-18(13)25(30,31)32/h1-2,4-7,10-11H,3,8-9,12H2,(H,33,34)(H,35,36). The molecule has 0 saturated heterocycles. The average Bonchev–Trinajstić information content (AvgIpc) is 2.79. The summed E-state index contributed by atoms with van der Waals surface area (Å²) in [4.78, 5) is 24.9. The van der Waals surface area contributed by atoms with Crippen LogP contribution in [0.2, 0.25) is 5.02 Å². The van der Waals surface area contributed by atoms with E-state index in [0.29, 0.717) is 23.9 Å². The summed E-state index contributed by atoms with van der Waals surface area (Å²) in [6.07, 6.45) is -9.15. The van der Waals surface area contributed by atoms with Crippen LogP contribution in [0.4, 0.5) is 26.3 Å². The third-order valence-corrected chi connectivity index (χ3v) is 6.59. The first-order valence-corrected chi connectivity index (χ1v) is 11.3. The Labute approximate surface area is 211 Å². The summed E-state index contributed by atoms with van der Waals surface area (Å²) in [6.45, 7) is -0.830. The smallest absolute Gasteiger partial charge is 0.416 e. The normalized spacial score (nSPS) is 15.2. The lowest BCUT2D eigenvalue weighted by atomic mass is 9.76. The Hall–Kier alpha value is -3.47. The summed E-state index contributed by atoms with van der Waals surface area (Å²) in [5.74, 6) is -2.29. The van der Waals surface area contributed by atoms with E-state index in [1.807, 2.05) is 0 Å². The van der Waals surface area contributed by atoms with Crippen LogP contribution in [0.3, 0.4) is 0 Å². The van der Waals surface area contributed by atoms with Gasteiger partial charge < -0.3 is 15.2 Å². The number of ether oxygens (including phenoxy) is 1. The maximum absolute atomic E-state index is 13.6. The Kier molecular flexibility index (Phi) is 6.78. The Balaban J connectivity index is 1.76. The van der Waals surface area contributed by atoms with E-state index in [-0.39, 0.29) is 40.6 Å². The number of carboxylic acid groups (broad SMARTS) is 1. The summed E-state index contributed by atoms with van der Waals surface area (Å²) >= 11 is 6.32. The second kappa shape index (κ2) is 9.44. The number of rotatable bonds is 6. The largest absolute Gasteiger partial charge is 0.487 e. The Morgan fingerprint density at radius 1 is 0.973 bits per heavy atom. The van der Waals surface area contributed by atoms with Gasteiger partial charge in [-0.1, -0.05) is 41.9 Å². The molecule has 1 saturated carbocycles. The molecule has 3 aromatic carbocycles. The van der Waals surface area contributed by atoms with Crippen LogP contribution in [0.1, 0.15) is 46.3 Å². The predicted molar refractivity (Wildman–Crippen MR) is 121 cm³/mol. The minimum atomic E-state index is -5.11. The molecule has 196 valence electrons. The van der Waals surface area contributed by atoms with Gasteiger partial charge in [-0.25, -0.2) is 4.79 Å². The van der Waals surface area contributed by atoms with Crippen LogP contribution in [0.25, 0.3) is 10.8 Å². The van der Waals surface area contributed by atoms with Crippen LogP contribution in [0.15, 0.2) is 48.5 Å². The van der Waals surface area contributed by atoms with Crippen molar-refractivity contribution in [3.63, 3.8) is 0 Å². The number of halogens is 7. The third kappa shape index (κ3) is 5.18. The lowest BCUT2D eigenvalue weighted by Crippen LogP contribution is -2.59. The lowest BCUT2D eigenvalue weighted by molar-refractivity contribution is -0.148. The van der Waals surface area contributed by atoms with Gasteiger partial charge in [0.05, 0.1) is 16.7 Å². The van der Waals surface area contributed by atoms with Gasteiger partial charge in [-0.15, -0.1) is 0 Å². The number of hydrogen-bond donors (Lipinski definition) is 2. The minimum absolute atomic E-state index is 0.000504. The number of fused-ring (bicyclic) bond motifs is 1. The molecular formula is C25H18ClF6NO4. The molecule has 0 aromatic heterocycles. The van der Waals surface area contributed by atoms with Crippen LogP contribution in [0, 0.1) is 0 Å². The maximum atomic E-state index is 13.6. The van der Waals surface area contributed by atoms with E-state index in [2.05, 4.69) is 5.32 Å². The highest BCUT2D eigenvalue weighted by molar-refractivity contribution is 6.36. The zero-order valence-electron chi connectivity index (χ0n) is 18.8. The molecule has 4 rings (SSSR count). The third-order valence-electron chi connectivity index (χ3n) is 6.27. The highest BCUT2D eigenvalue weighted by atomic mass is 35.5. The van der Waals surface area contributed by atoms with E-state index in [1.54, 1.807) is 18.2 Å². The molecular weight excluding hydrogens is 528 g/mol. The van der Waals surface area contributed by atoms with Crippen molar-refractivity contribution in [3.8, 4) is 5.75 Å². The molecule has 12 heteroatoms. The molecule has 0 spiro atoms. The number of nitrogens with one attached hydrogen (secondary N) is 1. The molecule has 0 heterocycles. The van der Waals surface area contributed by atoms with Gasteiger partial charge in [0.25, 0.3) is 5.91 Å². The molecule has 1 amide bonds. The van der Waals surface area contributed by atoms with E-state index >= 15 is 0 Å². The van der Waals surface area contributed by atoms with Crippen molar-refractivity contribution in [2.75, 3.05) is 0 Å². The molecule has 0 unspecified atom stereocenters. The second-order valence-corrected chi connectivity index (χ2v) is 9.04. The summed E-state index contributed by atoms with van der Waals surface area (Å²) in [7, 11) is 0. The zero-order chi connectivity index (χ0) is 27.2. The molecule has 37 heavy (non-hydrogen) atoms. The fourth-order valence-corrected chi connectivity index (χ4v) is 4.40. The van der Waals surface area contributed by atoms with Crippen molar-refractivity contribution in [1.29, 1.82) is 0 Å². The van der Waals surface area contributed by atoms with Gasteiger partial charge in [0, 0.05) is 21.4 Å². The van der Waals surface area contributed by atoms with Crippen LogP contribution >= 0.6 is 11.6 Å². The highest BCUT2D eigenvalue weighted by Gasteiger charge is 2.46. The maximum Gasteiger partial charge on any atom is 0.416 e. The SMILES string of the molecule is O=C(NC1(C(=O)O)CCC1)c1cc(Cl)c2ccccc2c1OCc1ccc(C(F)(F)F)cc1C(F)(F)F. The number of carboxylic acids is 1. The van der Waals surface area contributed by atoms with Gasteiger partial charge in [-0.2, -0.15) is 26.3 Å². The van der Waals surface area contributed by atoms with E-state index in [9.17, 15) is 41.0 Å². The number of benzene rings is 3. The van der Waals surface area contributed by atoms with Crippen molar-refractivity contribution < 1.29 is 45.8 Å². The number of hydrogen-bond acceptors (Lipinski definition) is 3. The minimum Gasteiger partial charge on any atom is -0.487 e. The molecule has 1 aliphatic carbocycles. The number of alkyl halides is 6. The average molecular weight is 546 g/mol. The van der Waals surface area contributed by atoms with Gasteiger partial charge in [0.1, 0.15) is 17.9 Å². The van der Waals surface area contributed by atoms with E-state index in [4.69, 9.17) is 16.3 Å². The van der Waals surface area contributed by atoms with Crippen molar-refractivity contribution in [1.82, 2.24) is 5.32 Å². The van der Waals surface area contributed by atoms with E-state index in [1.165, 1.54) is 12.1 Å². The summed E-state index contributed by atoms with van der Waals surface area (Å²) in [5.41, 5.74) is -5.32. The quantitative estimate of drug-likeness (QED) is 0.332.